The molecule has 1 heterocycles. The lowest BCUT2D eigenvalue weighted by molar-refractivity contribution is 0.819. The maximum absolute atomic E-state index is 3.50. The largest absolute Gasteiger partial charge is 0.385 e. The number of rotatable bonds is 2. The van der Waals surface area contributed by atoms with E-state index in [2.05, 4.69) is 54.7 Å². The molecule has 0 atom stereocenters. The molecule has 3 rings (SSSR count). The Hall–Kier alpha value is -1.76. The van der Waals surface area contributed by atoms with Crippen molar-refractivity contribution in [1.82, 2.24) is 0 Å². The van der Waals surface area contributed by atoms with Gasteiger partial charge in [-0.25, -0.2) is 0 Å². The van der Waals surface area contributed by atoms with Crippen LogP contribution in [0.2, 0.25) is 0 Å². The molecule has 2 aromatic rings. The third-order valence-corrected chi connectivity index (χ3v) is 3.71. The quantitative estimate of drug-likeness (QED) is 0.834. The smallest absolute Gasteiger partial charge is 0.0375 e. The average molecular weight is 237 g/mol. The summed E-state index contributed by atoms with van der Waals surface area (Å²) in [5, 5.41) is 3.50. The normalized spacial score (nSPS) is 13.8. The Labute approximate surface area is 109 Å². The van der Waals surface area contributed by atoms with E-state index in [9.17, 15) is 0 Å². The Bertz CT molecular complexity index is 540. The van der Waals surface area contributed by atoms with Crippen molar-refractivity contribution in [2.24, 2.45) is 0 Å². The van der Waals surface area contributed by atoms with Gasteiger partial charge in [0.2, 0.25) is 0 Å². The Balaban J connectivity index is 1.90. The predicted octanol–water partition coefficient (Wildman–Crippen LogP) is 3.94. The summed E-state index contributed by atoms with van der Waals surface area (Å²) in [5.41, 5.74) is 7.06. The molecule has 0 radical (unpaired) electrons. The van der Waals surface area contributed by atoms with Crippen LogP contribution < -0.4 is 5.32 Å². The summed E-state index contributed by atoms with van der Waals surface area (Å²) in [6.07, 6.45) is 3.51. The molecule has 18 heavy (non-hydrogen) atoms. The van der Waals surface area contributed by atoms with Crippen LogP contribution in [0.15, 0.2) is 42.5 Å². The monoisotopic (exact) mass is 237 g/mol. The zero-order valence-electron chi connectivity index (χ0n) is 10.9. The first kappa shape index (κ1) is 11.3. The van der Waals surface area contributed by atoms with Crippen molar-refractivity contribution in [2.45, 2.75) is 26.2 Å². The molecule has 1 nitrogen and oxygen atoms in total. The SMILES string of the molecule is Cc1ccc(Cc2cccc3c2CCCN3)cc1. The van der Waals surface area contributed by atoms with E-state index >= 15 is 0 Å². The van der Waals surface area contributed by atoms with Gasteiger partial charge in [0.05, 0.1) is 0 Å². The van der Waals surface area contributed by atoms with Gasteiger partial charge in [-0.05, 0) is 48.9 Å². The lowest BCUT2D eigenvalue weighted by atomic mass is 9.93. The van der Waals surface area contributed by atoms with Gasteiger partial charge in [-0.15, -0.1) is 0 Å². The van der Waals surface area contributed by atoms with E-state index in [-0.39, 0.29) is 0 Å². The molecular formula is C17H19N. The van der Waals surface area contributed by atoms with Gasteiger partial charge in [-0.1, -0.05) is 42.0 Å². The van der Waals surface area contributed by atoms with Crippen molar-refractivity contribution in [3.8, 4) is 0 Å². The fourth-order valence-electron chi connectivity index (χ4n) is 2.68. The number of anilines is 1. The zero-order chi connectivity index (χ0) is 12.4. The van der Waals surface area contributed by atoms with Gasteiger partial charge in [0.25, 0.3) is 0 Å². The van der Waals surface area contributed by atoms with Crippen LogP contribution in [0.3, 0.4) is 0 Å². The van der Waals surface area contributed by atoms with E-state index < -0.39 is 0 Å². The third kappa shape index (κ3) is 2.26. The Kier molecular flexibility index (Phi) is 3.06. The van der Waals surface area contributed by atoms with E-state index in [1.54, 1.807) is 0 Å². The van der Waals surface area contributed by atoms with Crippen molar-refractivity contribution in [2.75, 3.05) is 11.9 Å². The van der Waals surface area contributed by atoms with Crippen molar-refractivity contribution in [3.05, 3.63) is 64.7 Å². The summed E-state index contributed by atoms with van der Waals surface area (Å²) >= 11 is 0. The molecule has 0 unspecified atom stereocenters. The van der Waals surface area contributed by atoms with Crippen molar-refractivity contribution >= 4 is 5.69 Å². The summed E-state index contributed by atoms with van der Waals surface area (Å²) in [5.74, 6) is 0. The van der Waals surface area contributed by atoms with E-state index in [4.69, 9.17) is 0 Å². The predicted molar refractivity (Wildman–Crippen MR) is 77.2 cm³/mol. The van der Waals surface area contributed by atoms with Crippen LogP contribution in [0.4, 0.5) is 5.69 Å². The highest BCUT2D eigenvalue weighted by molar-refractivity contribution is 5.57. The lowest BCUT2D eigenvalue weighted by Gasteiger charge is -2.21. The average Bonchev–Trinajstić information content (AvgIpc) is 2.42. The van der Waals surface area contributed by atoms with Gasteiger partial charge < -0.3 is 5.32 Å². The van der Waals surface area contributed by atoms with E-state index in [1.807, 2.05) is 0 Å². The van der Waals surface area contributed by atoms with Gasteiger partial charge in [0, 0.05) is 12.2 Å². The molecule has 0 spiro atoms. The standard InChI is InChI=1S/C17H19N/c1-13-7-9-14(10-8-13)12-15-4-2-6-17-16(15)5-3-11-18-17/h2,4,6-10,18H,3,5,11-12H2,1H3. The fourth-order valence-corrected chi connectivity index (χ4v) is 2.68. The summed E-state index contributed by atoms with van der Waals surface area (Å²) < 4.78 is 0. The number of hydrogen-bond donors (Lipinski definition) is 1. The van der Waals surface area contributed by atoms with Gasteiger partial charge in [-0.3, -0.25) is 0 Å². The Morgan fingerprint density at radius 3 is 2.72 bits per heavy atom. The molecule has 1 aliphatic rings. The molecule has 1 aliphatic heterocycles. The second-order valence-electron chi connectivity index (χ2n) is 5.14. The Morgan fingerprint density at radius 1 is 1.06 bits per heavy atom. The molecule has 92 valence electrons. The van der Waals surface area contributed by atoms with Crippen LogP contribution in [-0.2, 0) is 12.8 Å². The molecule has 0 amide bonds. The first-order valence-electron chi connectivity index (χ1n) is 6.73. The van der Waals surface area contributed by atoms with Crippen molar-refractivity contribution in [3.63, 3.8) is 0 Å². The summed E-state index contributed by atoms with van der Waals surface area (Å²) in [6, 6.07) is 15.5. The van der Waals surface area contributed by atoms with Gasteiger partial charge in [0.15, 0.2) is 0 Å². The minimum absolute atomic E-state index is 1.05. The Morgan fingerprint density at radius 2 is 1.89 bits per heavy atom. The van der Waals surface area contributed by atoms with Crippen LogP contribution in [0.1, 0.15) is 28.7 Å². The van der Waals surface area contributed by atoms with Crippen LogP contribution in [0.25, 0.3) is 0 Å². The van der Waals surface area contributed by atoms with Gasteiger partial charge in [-0.2, -0.15) is 0 Å². The molecule has 1 heteroatoms. The highest BCUT2D eigenvalue weighted by atomic mass is 14.9. The number of nitrogens with one attached hydrogen (secondary N) is 1. The van der Waals surface area contributed by atoms with E-state index in [0.717, 1.165) is 13.0 Å². The fraction of sp³-hybridized carbons (Fsp3) is 0.294. The minimum Gasteiger partial charge on any atom is -0.385 e. The van der Waals surface area contributed by atoms with Crippen LogP contribution in [0.5, 0.6) is 0 Å². The van der Waals surface area contributed by atoms with Gasteiger partial charge in [0.1, 0.15) is 0 Å². The molecular weight excluding hydrogens is 218 g/mol. The summed E-state index contributed by atoms with van der Waals surface area (Å²) in [6.45, 7) is 3.25. The molecule has 0 saturated heterocycles. The van der Waals surface area contributed by atoms with Gasteiger partial charge >= 0.3 is 0 Å². The summed E-state index contributed by atoms with van der Waals surface area (Å²) in [7, 11) is 0. The van der Waals surface area contributed by atoms with Crippen molar-refractivity contribution in [1.29, 1.82) is 0 Å². The number of hydrogen-bond acceptors (Lipinski definition) is 1. The lowest BCUT2D eigenvalue weighted by Crippen LogP contribution is -2.13. The first-order valence-corrected chi connectivity index (χ1v) is 6.73. The third-order valence-electron chi connectivity index (χ3n) is 3.71. The molecule has 0 saturated carbocycles. The number of benzene rings is 2. The second kappa shape index (κ2) is 4.85. The number of fused-ring (bicyclic) bond motifs is 1. The zero-order valence-corrected chi connectivity index (χ0v) is 10.9. The van der Waals surface area contributed by atoms with Crippen LogP contribution in [0, 0.1) is 6.92 Å². The highest BCUT2D eigenvalue weighted by Crippen LogP contribution is 2.26. The first-order chi connectivity index (χ1) is 8.83. The minimum atomic E-state index is 1.05. The van der Waals surface area contributed by atoms with E-state index in [0.29, 0.717) is 0 Å². The molecule has 0 aliphatic carbocycles. The molecule has 1 N–H and O–H groups in total. The number of aryl methyl sites for hydroxylation is 1. The van der Waals surface area contributed by atoms with Crippen LogP contribution in [-0.4, -0.2) is 6.54 Å². The molecule has 0 fully saturated rings. The van der Waals surface area contributed by atoms with Crippen molar-refractivity contribution < 1.29 is 0 Å². The second-order valence-corrected chi connectivity index (χ2v) is 5.14. The maximum atomic E-state index is 3.50. The highest BCUT2D eigenvalue weighted by Gasteiger charge is 2.12. The molecule has 2 aromatic carbocycles. The summed E-state index contributed by atoms with van der Waals surface area (Å²) in [4.78, 5) is 0. The maximum Gasteiger partial charge on any atom is 0.0375 e. The molecule has 0 bridgehead atoms. The topological polar surface area (TPSA) is 12.0 Å². The molecule has 0 aromatic heterocycles. The van der Waals surface area contributed by atoms with E-state index in [1.165, 1.54) is 40.8 Å². The van der Waals surface area contributed by atoms with Crippen LogP contribution >= 0.6 is 0 Å².